The van der Waals surface area contributed by atoms with Gasteiger partial charge in [-0.2, -0.15) is 0 Å². The topological polar surface area (TPSA) is 129 Å². The number of carbonyl (C=O) groups is 4. The fourth-order valence-electron chi connectivity index (χ4n) is 9.63. The van der Waals surface area contributed by atoms with Gasteiger partial charge in [0.15, 0.2) is 0 Å². The molecule has 2 aliphatic carbocycles. The number of ether oxygens (including phenoxy) is 3. The molecule has 3 aromatic carbocycles. The Balaban J connectivity index is 1.06. The highest BCUT2D eigenvalue weighted by atomic mass is 16.5. The summed E-state index contributed by atoms with van der Waals surface area (Å²) >= 11 is 0. The third-order valence-corrected chi connectivity index (χ3v) is 12.2. The Hall–Kier alpha value is -5.20. The molecule has 9 rings (SSSR count). The average molecular weight is 719 g/mol. The highest BCUT2D eigenvalue weighted by Crippen LogP contribution is 2.59. The molecular weight excluding hydrogens is 676 g/mol. The van der Waals surface area contributed by atoms with Gasteiger partial charge in [0.05, 0.1) is 68.6 Å². The molecule has 274 valence electrons. The Labute approximate surface area is 307 Å². The molecule has 1 N–H and O–H groups in total. The molecular formula is C41H42N4O8. The molecule has 3 aromatic rings. The molecule has 6 aliphatic rings. The number of methoxy groups -OCH3 is 1. The van der Waals surface area contributed by atoms with E-state index in [1.165, 1.54) is 23.0 Å². The number of aromatic hydroxyl groups is 1. The van der Waals surface area contributed by atoms with Crippen LogP contribution in [0.15, 0.2) is 78.4 Å². The van der Waals surface area contributed by atoms with Gasteiger partial charge in [0.25, 0.3) is 0 Å². The van der Waals surface area contributed by atoms with E-state index in [9.17, 15) is 24.3 Å². The molecule has 0 bridgehead atoms. The number of hydrogen-bond donors (Lipinski definition) is 1. The second-order valence-electron chi connectivity index (χ2n) is 14.7. The van der Waals surface area contributed by atoms with Gasteiger partial charge in [-0.25, -0.2) is 0 Å². The SMILES string of the molecule is COc1ccc(C2C3=CCC4C(=O)N(c5ccc(N6CCOCC6)cc5)C(=O)C4C3CC3C(=O)N(c4ccc(N5CCOCC5)cc4)C(=O)C32)c(O)c1. The second-order valence-corrected chi connectivity index (χ2v) is 14.7. The predicted molar refractivity (Wildman–Crippen MR) is 196 cm³/mol. The zero-order chi connectivity index (χ0) is 36.4. The van der Waals surface area contributed by atoms with Crippen molar-refractivity contribution in [3.63, 3.8) is 0 Å². The fraction of sp³-hybridized carbons (Fsp3) is 0.415. The molecule has 4 heterocycles. The summed E-state index contributed by atoms with van der Waals surface area (Å²) in [5.74, 6) is -4.80. The lowest BCUT2D eigenvalue weighted by atomic mass is 9.57. The van der Waals surface area contributed by atoms with Gasteiger partial charge in [-0.3, -0.25) is 29.0 Å². The number of phenols is 1. The molecule has 53 heavy (non-hydrogen) atoms. The summed E-state index contributed by atoms with van der Waals surface area (Å²) in [6, 6.07) is 20.0. The maximum Gasteiger partial charge on any atom is 0.238 e. The Morgan fingerprint density at radius 1 is 0.623 bits per heavy atom. The summed E-state index contributed by atoms with van der Waals surface area (Å²) in [6.45, 7) is 5.63. The van der Waals surface area contributed by atoms with E-state index in [4.69, 9.17) is 14.2 Å². The molecule has 6 atom stereocenters. The number of imide groups is 2. The first kappa shape index (κ1) is 33.6. The lowest BCUT2D eigenvalue weighted by molar-refractivity contribution is -0.126. The van der Waals surface area contributed by atoms with Gasteiger partial charge in [0, 0.05) is 55.1 Å². The van der Waals surface area contributed by atoms with Gasteiger partial charge >= 0.3 is 0 Å². The molecule has 12 nitrogen and oxygen atoms in total. The first-order chi connectivity index (χ1) is 25.8. The lowest BCUT2D eigenvalue weighted by Crippen LogP contribution is -2.43. The standard InChI is InChI=1S/C41H42N4O8/c1-51-28-10-11-30(34(46)22-28)35-29-12-13-31-36(40(49)44(38(31)47)26-6-2-24(3-7-26)42-14-18-52-19-15-42)32(29)23-33-37(35)41(50)45(39(33)48)27-8-4-25(5-9-27)43-16-20-53-21-17-43/h2-12,22,31-33,35-37,46H,13-21,23H2,1H3. The first-order valence-corrected chi connectivity index (χ1v) is 18.5. The number of allylic oxidation sites excluding steroid dienone is 2. The van der Waals surface area contributed by atoms with E-state index in [0.717, 1.165) is 43.1 Å². The van der Waals surface area contributed by atoms with E-state index < -0.39 is 35.5 Å². The van der Waals surface area contributed by atoms with E-state index in [-0.39, 0.29) is 35.8 Å². The Morgan fingerprint density at radius 2 is 1.13 bits per heavy atom. The number of hydrogen-bond acceptors (Lipinski definition) is 10. The van der Waals surface area contributed by atoms with Crippen LogP contribution in [0.2, 0.25) is 0 Å². The zero-order valence-electron chi connectivity index (χ0n) is 29.6. The third kappa shape index (κ3) is 5.49. The largest absolute Gasteiger partial charge is 0.508 e. The number of rotatable bonds is 6. The molecule has 0 radical (unpaired) electrons. The highest BCUT2D eigenvalue weighted by Gasteiger charge is 2.62. The number of amides is 4. The van der Waals surface area contributed by atoms with E-state index in [1.54, 1.807) is 12.1 Å². The third-order valence-electron chi connectivity index (χ3n) is 12.2. The molecule has 6 unspecified atom stereocenters. The van der Waals surface area contributed by atoms with Crippen molar-refractivity contribution in [3.8, 4) is 11.5 Å². The van der Waals surface area contributed by atoms with Crippen molar-refractivity contribution in [1.82, 2.24) is 0 Å². The van der Waals surface area contributed by atoms with Crippen molar-refractivity contribution in [2.24, 2.45) is 29.6 Å². The molecule has 1 saturated carbocycles. The number of anilines is 4. The highest BCUT2D eigenvalue weighted by molar-refractivity contribution is 6.24. The summed E-state index contributed by atoms with van der Waals surface area (Å²) < 4.78 is 16.3. The predicted octanol–water partition coefficient (Wildman–Crippen LogP) is 4.12. The number of nitrogens with zero attached hydrogens (tertiary/aromatic N) is 4. The molecule has 12 heteroatoms. The van der Waals surface area contributed by atoms with Crippen LogP contribution >= 0.6 is 0 Å². The van der Waals surface area contributed by atoms with Gasteiger partial charge in [-0.05, 0) is 73.4 Å². The Bertz CT molecular complexity index is 1990. The number of phenolic OH excluding ortho intramolecular Hbond substituents is 1. The van der Waals surface area contributed by atoms with Crippen LogP contribution in [0.5, 0.6) is 11.5 Å². The van der Waals surface area contributed by atoms with Crippen LogP contribution in [0.25, 0.3) is 0 Å². The second kappa shape index (κ2) is 13.3. The normalized spacial score (nSPS) is 28.5. The fourth-order valence-corrected chi connectivity index (χ4v) is 9.63. The van der Waals surface area contributed by atoms with Crippen molar-refractivity contribution in [3.05, 3.63) is 83.9 Å². The summed E-state index contributed by atoms with van der Waals surface area (Å²) in [5, 5.41) is 11.4. The Kier molecular flexibility index (Phi) is 8.46. The molecule has 4 saturated heterocycles. The maximum atomic E-state index is 14.6. The monoisotopic (exact) mass is 718 g/mol. The summed E-state index contributed by atoms with van der Waals surface area (Å²) in [5.41, 5.74) is 4.31. The summed E-state index contributed by atoms with van der Waals surface area (Å²) in [4.78, 5) is 64.6. The minimum Gasteiger partial charge on any atom is -0.508 e. The van der Waals surface area contributed by atoms with Gasteiger partial charge in [0.1, 0.15) is 11.5 Å². The van der Waals surface area contributed by atoms with Crippen LogP contribution in [0.3, 0.4) is 0 Å². The number of benzene rings is 3. The zero-order valence-corrected chi connectivity index (χ0v) is 29.6. The van der Waals surface area contributed by atoms with Crippen LogP contribution in [0.4, 0.5) is 22.7 Å². The minimum atomic E-state index is -0.796. The molecule has 5 fully saturated rings. The van der Waals surface area contributed by atoms with Gasteiger partial charge in [0.2, 0.25) is 23.6 Å². The molecule has 0 spiro atoms. The number of fused-ring (bicyclic) bond motifs is 4. The van der Waals surface area contributed by atoms with Gasteiger partial charge in [-0.15, -0.1) is 0 Å². The van der Waals surface area contributed by atoms with Crippen molar-refractivity contribution >= 4 is 46.4 Å². The summed E-state index contributed by atoms with van der Waals surface area (Å²) in [7, 11) is 1.51. The maximum absolute atomic E-state index is 14.6. The van der Waals surface area contributed by atoms with Crippen LogP contribution in [0.1, 0.15) is 24.3 Å². The van der Waals surface area contributed by atoms with E-state index in [0.29, 0.717) is 55.5 Å². The number of morpholine rings is 2. The van der Waals surface area contributed by atoms with Gasteiger partial charge in [-0.1, -0.05) is 17.7 Å². The van der Waals surface area contributed by atoms with Crippen LogP contribution in [-0.4, -0.2) is 88.5 Å². The molecule has 4 amide bonds. The summed E-state index contributed by atoms with van der Waals surface area (Å²) in [6.07, 6.45) is 2.56. The minimum absolute atomic E-state index is 0.0545. The van der Waals surface area contributed by atoms with Crippen LogP contribution in [-0.2, 0) is 28.7 Å². The molecule has 4 aliphatic heterocycles. The van der Waals surface area contributed by atoms with Crippen molar-refractivity contribution in [2.45, 2.75) is 18.8 Å². The quantitative estimate of drug-likeness (QED) is 0.294. The van der Waals surface area contributed by atoms with Crippen molar-refractivity contribution in [2.75, 3.05) is 79.3 Å². The van der Waals surface area contributed by atoms with Crippen molar-refractivity contribution < 1.29 is 38.5 Å². The van der Waals surface area contributed by atoms with Crippen molar-refractivity contribution in [1.29, 1.82) is 0 Å². The molecule has 0 aromatic heterocycles. The van der Waals surface area contributed by atoms with E-state index in [2.05, 4.69) is 9.80 Å². The lowest BCUT2D eigenvalue weighted by Gasteiger charge is -2.44. The van der Waals surface area contributed by atoms with E-state index in [1.807, 2.05) is 54.6 Å². The van der Waals surface area contributed by atoms with Crippen LogP contribution < -0.4 is 24.3 Å². The van der Waals surface area contributed by atoms with E-state index >= 15 is 0 Å². The first-order valence-electron chi connectivity index (χ1n) is 18.5. The Morgan fingerprint density at radius 3 is 1.66 bits per heavy atom. The van der Waals surface area contributed by atoms with Crippen LogP contribution in [0, 0.1) is 29.6 Å². The smallest absolute Gasteiger partial charge is 0.238 e. The van der Waals surface area contributed by atoms with Gasteiger partial charge < -0.3 is 29.1 Å². The average Bonchev–Trinajstić information content (AvgIpc) is 3.61. The number of carbonyl (C=O) groups excluding carboxylic acids is 4.